The van der Waals surface area contributed by atoms with Gasteiger partial charge in [-0.25, -0.2) is 0 Å². The lowest BCUT2D eigenvalue weighted by Crippen LogP contribution is -2.33. The van der Waals surface area contributed by atoms with Gasteiger partial charge in [0.1, 0.15) is 5.75 Å². The van der Waals surface area contributed by atoms with Crippen LogP contribution in [0.25, 0.3) is 0 Å². The minimum atomic E-state index is -4.53. The number of halogens is 3. The summed E-state index contributed by atoms with van der Waals surface area (Å²) in [6.07, 6.45) is -4.53. The van der Waals surface area contributed by atoms with Crippen molar-refractivity contribution >= 4 is 23.4 Å². The maximum Gasteiger partial charge on any atom is 0.488 e. The summed E-state index contributed by atoms with van der Waals surface area (Å²) in [7, 11) is -4.05. The van der Waals surface area contributed by atoms with Gasteiger partial charge in [-0.15, -0.1) is 0 Å². The first-order chi connectivity index (χ1) is 8.11. The molecule has 0 aliphatic heterocycles. The number of alkyl halides is 3. The Labute approximate surface area is 105 Å². The number of rotatable bonds is 3. The van der Waals surface area contributed by atoms with E-state index in [1.54, 1.807) is 6.92 Å². The minimum absolute atomic E-state index is 0.0268. The zero-order chi connectivity index (χ0) is 14.1. The van der Waals surface area contributed by atoms with Gasteiger partial charge >= 0.3 is 13.3 Å². The Bertz CT molecular complexity index is 474. The van der Waals surface area contributed by atoms with E-state index in [9.17, 15) is 17.4 Å². The summed E-state index contributed by atoms with van der Waals surface area (Å²) >= 11 is 0. The van der Waals surface area contributed by atoms with Gasteiger partial charge in [0.25, 0.3) is 0 Å². The van der Waals surface area contributed by atoms with E-state index in [0.29, 0.717) is 11.1 Å². The molecule has 8 heteroatoms. The average Bonchev–Trinajstić information content (AvgIpc) is 2.13. The number of hydrogen-bond donors (Lipinski definition) is 2. The lowest BCUT2D eigenvalue weighted by Gasteiger charge is -2.12. The van der Waals surface area contributed by atoms with Gasteiger partial charge in [-0.2, -0.15) is 13.2 Å². The van der Waals surface area contributed by atoms with Gasteiger partial charge < -0.3 is 10.0 Å². The molecular formula is C10H12BF3O3S. The molecule has 0 bridgehead atoms. The Morgan fingerprint density at radius 3 is 2.22 bits per heavy atom. The van der Waals surface area contributed by atoms with Crippen molar-refractivity contribution in [2.45, 2.75) is 24.9 Å². The van der Waals surface area contributed by atoms with Crippen molar-refractivity contribution in [1.82, 2.24) is 0 Å². The summed E-state index contributed by atoms with van der Waals surface area (Å²) in [5, 5.41) is 18.1. The monoisotopic (exact) mass is 280 g/mol. The van der Waals surface area contributed by atoms with Crippen LogP contribution in [0.2, 0.25) is 0 Å². The summed E-state index contributed by atoms with van der Waals surface area (Å²) in [5.74, 6) is -1.45. The molecule has 0 heterocycles. The molecule has 100 valence electrons. The van der Waals surface area contributed by atoms with Crippen molar-refractivity contribution in [2.75, 3.05) is 5.75 Å². The highest BCUT2D eigenvalue weighted by atomic mass is 32.2. The molecule has 0 amide bonds. The third-order valence-electron chi connectivity index (χ3n) is 2.38. The number of benzene rings is 1. The number of hydrogen-bond acceptors (Lipinski definition) is 3. The lowest BCUT2D eigenvalue weighted by atomic mass is 9.77. The van der Waals surface area contributed by atoms with E-state index in [-0.39, 0.29) is 10.4 Å². The van der Waals surface area contributed by atoms with Crippen LogP contribution in [-0.4, -0.2) is 33.3 Å². The Kier molecular flexibility index (Phi) is 4.58. The molecule has 1 atom stereocenters. The average molecular weight is 280 g/mol. The predicted octanol–water partition coefficient (Wildman–Crippen LogP) is 0.653. The van der Waals surface area contributed by atoms with E-state index < -0.39 is 29.8 Å². The molecule has 0 aliphatic rings. The van der Waals surface area contributed by atoms with Crippen molar-refractivity contribution < 1.29 is 27.4 Å². The third kappa shape index (κ3) is 3.83. The highest BCUT2D eigenvalue weighted by Crippen LogP contribution is 2.21. The first kappa shape index (κ1) is 15.2. The van der Waals surface area contributed by atoms with E-state index in [2.05, 4.69) is 0 Å². The third-order valence-corrected chi connectivity index (χ3v) is 3.90. The maximum absolute atomic E-state index is 12.2. The minimum Gasteiger partial charge on any atom is -0.423 e. The van der Waals surface area contributed by atoms with Crippen LogP contribution in [0.3, 0.4) is 0 Å². The molecule has 0 aliphatic carbocycles. The summed E-state index contributed by atoms with van der Waals surface area (Å²) in [4.78, 5) is -0.0268. The van der Waals surface area contributed by atoms with Gasteiger partial charge in [0.05, 0.1) is 10.8 Å². The standard InChI is InChI=1S/C10H12BF3O3S/c1-6-3-7(2)9(4-8(6)11(15)16)18(17)5-10(12,13)14/h3-4,15-16H,5H2,1-2H3/t18-/m0/s1. The van der Waals surface area contributed by atoms with Gasteiger partial charge in [-0.3, -0.25) is 4.21 Å². The highest BCUT2D eigenvalue weighted by molar-refractivity contribution is 7.85. The van der Waals surface area contributed by atoms with E-state index in [4.69, 9.17) is 10.0 Å². The molecule has 0 fully saturated rings. The lowest BCUT2D eigenvalue weighted by molar-refractivity contribution is -0.105. The fourth-order valence-corrected chi connectivity index (χ4v) is 2.73. The Balaban J connectivity index is 3.17. The molecule has 0 unspecified atom stereocenters. The summed E-state index contributed by atoms with van der Waals surface area (Å²) < 4.78 is 48.1. The summed E-state index contributed by atoms with van der Waals surface area (Å²) in [6, 6.07) is 2.63. The molecule has 0 saturated heterocycles. The van der Waals surface area contributed by atoms with Gasteiger partial charge in [0, 0.05) is 4.90 Å². The van der Waals surface area contributed by atoms with Crippen molar-refractivity contribution in [3.63, 3.8) is 0 Å². The molecule has 1 aromatic rings. The Morgan fingerprint density at radius 1 is 1.22 bits per heavy atom. The largest absolute Gasteiger partial charge is 0.488 e. The van der Waals surface area contributed by atoms with Gasteiger partial charge in [0.15, 0.2) is 0 Å². The first-order valence-corrected chi connectivity index (χ1v) is 6.36. The first-order valence-electron chi connectivity index (χ1n) is 5.04. The van der Waals surface area contributed by atoms with Crippen LogP contribution in [0, 0.1) is 13.8 Å². The molecule has 0 saturated carbocycles. The fourth-order valence-electron chi connectivity index (χ4n) is 1.60. The molecule has 0 radical (unpaired) electrons. The zero-order valence-corrected chi connectivity index (χ0v) is 10.6. The second-order valence-electron chi connectivity index (χ2n) is 3.95. The van der Waals surface area contributed by atoms with E-state index in [0.717, 1.165) is 6.07 Å². The SMILES string of the molecule is Cc1cc(C)c([S@@](=O)CC(F)(F)F)cc1B(O)O. The number of aryl methyl sites for hydroxylation is 2. The van der Waals surface area contributed by atoms with Crippen molar-refractivity contribution in [3.8, 4) is 0 Å². The van der Waals surface area contributed by atoms with Crippen molar-refractivity contribution in [1.29, 1.82) is 0 Å². The molecule has 2 N–H and O–H groups in total. The molecule has 18 heavy (non-hydrogen) atoms. The second kappa shape index (κ2) is 5.42. The van der Waals surface area contributed by atoms with Crippen LogP contribution >= 0.6 is 0 Å². The molecule has 3 nitrogen and oxygen atoms in total. The second-order valence-corrected chi connectivity index (χ2v) is 5.37. The van der Waals surface area contributed by atoms with E-state index >= 15 is 0 Å². The van der Waals surface area contributed by atoms with E-state index in [1.807, 2.05) is 0 Å². The van der Waals surface area contributed by atoms with Crippen LogP contribution in [0.4, 0.5) is 13.2 Å². The quantitative estimate of drug-likeness (QED) is 0.799. The highest BCUT2D eigenvalue weighted by Gasteiger charge is 2.32. The molecule has 0 spiro atoms. The summed E-state index contributed by atoms with van der Waals surface area (Å²) in [5.41, 5.74) is 1.01. The predicted molar refractivity (Wildman–Crippen MR) is 63.1 cm³/mol. The molecular weight excluding hydrogens is 268 g/mol. The smallest absolute Gasteiger partial charge is 0.423 e. The summed E-state index contributed by atoms with van der Waals surface area (Å²) in [6.45, 7) is 3.13. The zero-order valence-electron chi connectivity index (χ0n) is 9.78. The molecule has 1 rings (SSSR count). The maximum atomic E-state index is 12.2. The van der Waals surface area contributed by atoms with Crippen molar-refractivity contribution in [3.05, 3.63) is 23.3 Å². The molecule has 0 aromatic heterocycles. The fraction of sp³-hybridized carbons (Fsp3) is 0.400. The van der Waals surface area contributed by atoms with Crippen LogP contribution in [-0.2, 0) is 10.8 Å². The molecule has 1 aromatic carbocycles. The Morgan fingerprint density at radius 2 is 1.78 bits per heavy atom. The van der Waals surface area contributed by atoms with Gasteiger partial charge in [-0.05, 0) is 30.9 Å². The van der Waals surface area contributed by atoms with Gasteiger partial charge in [-0.1, -0.05) is 11.6 Å². The van der Waals surface area contributed by atoms with Crippen LogP contribution < -0.4 is 5.46 Å². The van der Waals surface area contributed by atoms with Gasteiger partial charge in [0.2, 0.25) is 0 Å². The van der Waals surface area contributed by atoms with Crippen molar-refractivity contribution in [2.24, 2.45) is 0 Å². The van der Waals surface area contributed by atoms with E-state index in [1.165, 1.54) is 13.0 Å². The van der Waals surface area contributed by atoms with Crippen LogP contribution in [0.15, 0.2) is 17.0 Å². The normalized spacial score (nSPS) is 13.5. The van der Waals surface area contributed by atoms with Crippen LogP contribution in [0.1, 0.15) is 11.1 Å². The topological polar surface area (TPSA) is 57.5 Å². The Hall–Kier alpha value is -0.855. The van der Waals surface area contributed by atoms with Crippen LogP contribution in [0.5, 0.6) is 0 Å².